The number of nitrogen functional groups attached to an aromatic ring is 1. The smallest absolute Gasteiger partial charge is 0.356 e. The minimum absolute atomic E-state index is 0.105. The molecule has 2 aromatic rings. The molecular weight excluding hydrogens is 242 g/mol. The van der Waals surface area contributed by atoms with Crippen molar-refractivity contribution in [3.8, 4) is 0 Å². The van der Waals surface area contributed by atoms with Crippen molar-refractivity contribution in [3.63, 3.8) is 0 Å². The Hall–Kier alpha value is -2.04. The number of imidazole rings is 1. The van der Waals surface area contributed by atoms with Gasteiger partial charge in [-0.05, 0) is 25.0 Å². The van der Waals surface area contributed by atoms with Gasteiger partial charge in [0.15, 0.2) is 5.69 Å². The van der Waals surface area contributed by atoms with Gasteiger partial charge >= 0.3 is 5.97 Å². The van der Waals surface area contributed by atoms with E-state index in [2.05, 4.69) is 4.98 Å². The Bertz CT molecular complexity index is 627. The number of aromatic nitrogens is 2. The van der Waals surface area contributed by atoms with E-state index in [1.807, 2.05) is 0 Å². The highest BCUT2D eigenvalue weighted by Crippen LogP contribution is 2.34. The van der Waals surface area contributed by atoms with Crippen molar-refractivity contribution in [2.24, 2.45) is 0 Å². The standard InChI is InChI=1S/C14H17N3O2/c15-11-8-4-7-10-12(14(18)19)16-13(17(10)11)9-5-2-1-3-6-9/h4,7-9H,1-3,5-6,15H2,(H,18,19). The third-order valence-corrected chi connectivity index (χ3v) is 3.89. The second kappa shape index (κ2) is 4.57. The molecule has 0 amide bonds. The Kier molecular flexibility index (Phi) is 2.89. The van der Waals surface area contributed by atoms with Gasteiger partial charge in [-0.3, -0.25) is 4.40 Å². The first-order valence-corrected chi connectivity index (χ1v) is 6.68. The van der Waals surface area contributed by atoms with Gasteiger partial charge in [0, 0.05) is 5.92 Å². The summed E-state index contributed by atoms with van der Waals surface area (Å²) in [5.41, 5.74) is 6.70. The summed E-state index contributed by atoms with van der Waals surface area (Å²) in [5, 5.41) is 9.27. The summed E-state index contributed by atoms with van der Waals surface area (Å²) < 4.78 is 1.80. The van der Waals surface area contributed by atoms with Gasteiger partial charge < -0.3 is 10.8 Å². The average molecular weight is 259 g/mol. The van der Waals surface area contributed by atoms with Gasteiger partial charge in [-0.15, -0.1) is 0 Å². The predicted octanol–water partition coefficient (Wildman–Crippen LogP) is 2.66. The topological polar surface area (TPSA) is 80.6 Å². The molecule has 0 bridgehead atoms. The van der Waals surface area contributed by atoms with Crippen LogP contribution in [0.2, 0.25) is 0 Å². The van der Waals surface area contributed by atoms with Crippen LogP contribution in [0.1, 0.15) is 54.3 Å². The average Bonchev–Trinajstić information content (AvgIpc) is 2.81. The highest BCUT2D eigenvalue weighted by atomic mass is 16.4. The van der Waals surface area contributed by atoms with Crippen molar-refractivity contribution < 1.29 is 9.90 Å². The van der Waals surface area contributed by atoms with E-state index in [4.69, 9.17) is 5.73 Å². The molecule has 19 heavy (non-hydrogen) atoms. The number of rotatable bonds is 2. The second-order valence-corrected chi connectivity index (χ2v) is 5.13. The molecular formula is C14H17N3O2. The molecule has 0 unspecified atom stereocenters. The van der Waals surface area contributed by atoms with E-state index in [1.54, 1.807) is 22.6 Å². The molecule has 3 rings (SSSR count). The Morgan fingerprint density at radius 2 is 2.05 bits per heavy atom. The highest BCUT2D eigenvalue weighted by Gasteiger charge is 2.25. The number of nitrogens with two attached hydrogens (primary N) is 1. The molecule has 0 aromatic carbocycles. The lowest BCUT2D eigenvalue weighted by Gasteiger charge is -2.20. The Morgan fingerprint density at radius 1 is 1.32 bits per heavy atom. The highest BCUT2D eigenvalue weighted by molar-refractivity contribution is 5.94. The Labute approximate surface area is 111 Å². The van der Waals surface area contributed by atoms with Gasteiger partial charge in [-0.25, -0.2) is 9.78 Å². The van der Waals surface area contributed by atoms with Crippen LogP contribution in [0.5, 0.6) is 0 Å². The zero-order valence-corrected chi connectivity index (χ0v) is 10.7. The van der Waals surface area contributed by atoms with Gasteiger partial charge in [0.2, 0.25) is 0 Å². The summed E-state index contributed by atoms with van der Waals surface area (Å²) in [6, 6.07) is 5.31. The van der Waals surface area contributed by atoms with Crippen LogP contribution in [0.25, 0.3) is 5.52 Å². The molecule has 0 atom stereocenters. The van der Waals surface area contributed by atoms with Crippen LogP contribution in [0.3, 0.4) is 0 Å². The maximum absolute atomic E-state index is 11.3. The zero-order chi connectivity index (χ0) is 13.4. The number of fused-ring (bicyclic) bond motifs is 1. The van der Waals surface area contributed by atoms with E-state index >= 15 is 0 Å². The van der Waals surface area contributed by atoms with Crippen molar-refractivity contribution in [1.29, 1.82) is 0 Å². The van der Waals surface area contributed by atoms with E-state index in [9.17, 15) is 9.90 Å². The summed E-state index contributed by atoms with van der Waals surface area (Å²) in [6.45, 7) is 0. The van der Waals surface area contributed by atoms with Crippen LogP contribution in [-0.2, 0) is 0 Å². The number of nitrogens with zero attached hydrogens (tertiary/aromatic N) is 2. The third-order valence-electron chi connectivity index (χ3n) is 3.89. The first-order valence-electron chi connectivity index (χ1n) is 6.68. The van der Waals surface area contributed by atoms with Crippen molar-refractivity contribution in [3.05, 3.63) is 29.7 Å². The van der Waals surface area contributed by atoms with E-state index in [0.717, 1.165) is 18.7 Å². The molecule has 2 heterocycles. The predicted molar refractivity (Wildman–Crippen MR) is 72.4 cm³/mol. The normalized spacial score (nSPS) is 16.8. The zero-order valence-electron chi connectivity index (χ0n) is 10.7. The minimum Gasteiger partial charge on any atom is -0.476 e. The van der Waals surface area contributed by atoms with E-state index < -0.39 is 5.97 Å². The van der Waals surface area contributed by atoms with E-state index in [-0.39, 0.29) is 5.69 Å². The number of carbonyl (C=O) groups is 1. The number of pyridine rings is 1. The fourth-order valence-electron chi connectivity index (χ4n) is 2.98. The number of carboxylic acids is 1. The number of anilines is 1. The first kappa shape index (κ1) is 12.0. The van der Waals surface area contributed by atoms with Crippen molar-refractivity contribution in [2.45, 2.75) is 38.0 Å². The quantitative estimate of drug-likeness (QED) is 0.868. The van der Waals surface area contributed by atoms with Gasteiger partial charge in [0.1, 0.15) is 11.6 Å². The summed E-state index contributed by atoms with van der Waals surface area (Å²) in [7, 11) is 0. The summed E-state index contributed by atoms with van der Waals surface area (Å²) in [6.07, 6.45) is 5.73. The van der Waals surface area contributed by atoms with Gasteiger partial charge in [-0.1, -0.05) is 25.3 Å². The van der Waals surface area contributed by atoms with Crippen LogP contribution < -0.4 is 5.73 Å². The van der Waals surface area contributed by atoms with Gasteiger partial charge in [-0.2, -0.15) is 0 Å². The second-order valence-electron chi connectivity index (χ2n) is 5.13. The van der Waals surface area contributed by atoms with Crippen LogP contribution in [0, 0.1) is 0 Å². The molecule has 1 fully saturated rings. The van der Waals surface area contributed by atoms with Crippen LogP contribution in [0.15, 0.2) is 18.2 Å². The minimum atomic E-state index is -0.995. The maximum atomic E-state index is 11.3. The van der Waals surface area contributed by atoms with Crippen LogP contribution in [-0.4, -0.2) is 20.5 Å². The third kappa shape index (κ3) is 1.95. The number of aromatic carboxylic acids is 1. The van der Waals surface area contributed by atoms with Crippen molar-refractivity contribution in [2.75, 3.05) is 5.73 Å². The van der Waals surface area contributed by atoms with Crippen LogP contribution in [0.4, 0.5) is 5.82 Å². The van der Waals surface area contributed by atoms with Crippen molar-refractivity contribution in [1.82, 2.24) is 9.38 Å². The van der Waals surface area contributed by atoms with E-state index in [0.29, 0.717) is 17.3 Å². The van der Waals surface area contributed by atoms with Gasteiger partial charge in [0.25, 0.3) is 0 Å². The van der Waals surface area contributed by atoms with Gasteiger partial charge in [0.05, 0.1) is 5.52 Å². The SMILES string of the molecule is Nc1cccc2c(C(=O)O)nc(C3CCCCC3)n12. The molecule has 1 aliphatic rings. The molecule has 0 saturated heterocycles. The molecule has 1 saturated carbocycles. The summed E-state index contributed by atoms with van der Waals surface area (Å²) in [4.78, 5) is 15.7. The molecule has 0 radical (unpaired) electrons. The molecule has 5 nitrogen and oxygen atoms in total. The molecule has 100 valence electrons. The summed E-state index contributed by atoms with van der Waals surface area (Å²) in [5.74, 6) is 0.687. The molecule has 5 heteroatoms. The lowest BCUT2D eigenvalue weighted by Crippen LogP contribution is -2.10. The van der Waals surface area contributed by atoms with Crippen molar-refractivity contribution >= 4 is 17.3 Å². The number of hydrogen-bond donors (Lipinski definition) is 2. The molecule has 2 aromatic heterocycles. The fourth-order valence-corrected chi connectivity index (χ4v) is 2.98. The summed E-state index contributed by atoms with van der Waals surface area (Å²) >= 11 is 0. The Morgan fingerprint density at radius 3 is 2.74 bits per heavy atom. The monoisotopic (exact) mass is 259 g/mol. The number of hydrogen-bond acceptors (Lipinski definition) is 3. The molecule has 1 aliphatic carbocycles. The first-order chi connectivity index (χ1) is 9.18. The fraction of sp³-hybridized carbons (Fsp3) is 0.429. The lowest BCUT2D eigenvalue weighted by molar-refractivity contribution is 0.0693. The number of carboxylic acid groups (broad SMARTS) is 1. The molecule has 0 spiro atoms. The Balaban J connectivity index is 2.20. The molecule has 3 N–H and O–H groups in total. The van der Waals surface area contributed by atoms with Crippen LogP contribution >= 0.6 is 0 Å². The molecule has 0 aliphatic heterocycles. The van der Waals surface area contributed by atoms with E-state index in [1.165, 1.54) is 19.3 Å². The lowest BCUT2D eigenvalue weighted by atomic mass is 9.89. The largest absolute Gasteiger partial charge is 0.476 e. The maximum Gasteiger partial charge on any atom is 0.356 e.